The van der Waals surface area contributed by atoms with Crippen LogP contribution in [0.4, 0.5) is 0 Å². The van der Waals surface area contributed by atoms with E-state index < -0.39 is 11.8 Å². The van der Waals surface area contributed by atoms with Crippen LogP contribution in [0.3, 0.4) is 0 Å². The second-order valence-corrected chi connectivity index (χ2v) is 5.24. The van der Waals surface area contributed by atoms with Crippen molar-refractivity contribution in [2.75, 3.05) is 6.54 Å². The number of benzene rings is 2. The van der Waals surface area contributed by atoms with E-state index in [0.717, 1.165) is 11.1 Å². The fourth-order valence-electron chi connectivity index (χ4n) is 1.95. The van der Waals surface area contributed by atoms with Gasteiger partial charge in [-0.1, -0.05) is 54.1 Å². The molecular formula is C17H17ClN2O2. The van der Waals surface area contributed by atoms with Crippen molar-refractivity contribution < 1.29 is 9.59 Å². The molecule has 0 saturated heterocycles. The summed E-state index contributed by atoms with van der Waals surface area (Å²) >= 11 is 5.88. The number of halogens is 1. The van der Waals surface area contributed by atoms with Crippen molar-refractivity contribution in [3.63, 3.8) is 0 Å². The maximum Gasteiger partial charge on any atom is 0.309 e. The third-order valence-corrected chi connectivity index (χ3v) is 3.33. The second kappa shape index (κ2) is 8.20. The van der Waals surface area contributed by atoms with Crippen LogP contribution in [0.2, 0.25) is 5.02 Å². The van der Waals surface area contributed by atoms with Crippen LogP contribution in [0.5, 0.6) is 0 Å². The molecule has 0 unspecified atom stereocenters. The predicted molar refractivity (Wildman–Crippen MR) is 86.5 cm³/mol. The van der Waals surface area contributed by atoms with Gasteiger partial charge < -0.3 is 10.6 Å². The highest BCUT2D eigenvalue weighted by molar-refractivity contribution is 6.35. The molecule has 0 radical (unpaired) electrons. The molecule has 4 nitrogen and oxygen atoms in total. The Morgan fingerprint density at radius 3 is 2.27 bits per heavy atom. The monoisotopic (exact) mass is 316 g/mol. The first-order valence-corrected chi connectivity index (χ1v) is 7.37. The molecule has 2 aromatic rings. The number of carbonyl (C=O) groups excluding carboxylic acids is 2. The van der Waals surface area contributed by atoms with E-state index in [1.807, 2.05) is 48.5 Å². The Bertz CT molecular complexity index is 644. The summed E-state index contributed by atoms with van der Waals surface area (Å²) in [5.74, 6) is -1.26. The van der Waals surface area contributed by atoms with Crippen LogP contribution in [0.1, 0.15) is 11.1 Å². The number of hydrogen-bond donors (Lipinski definition) is 2. The lowest BCUT2D eigenvalue weighted by atomic mass is 10.1. The average molecular weight is 317 g/mol. The smallest absolute Gasteiger partial charge is 0.309 e. The molecule has 22 heavy (non-hydrogen) atoms. The Labute approximate surface area is 134 Å². The van der Waals surface area contributed by atoms with Crippen LogP contribution >= 0.6 is 11.6 Å². The third kappa shape index (κ3) is 5.22. The van der Waals surface area contributed by atoms with Gasteiger partial charge in [0.15, 0.2) is 0 Å². The highest BCUT2D eigenvalue weighted by Crippen LogP contribution is 2.10. The number of carbonyl (C=O) groups is 2. The van der Waals surface area contributed by atoms with Crippen molar-refractivity contribution in [2.24, 2.45) is 0 Å². The quantitative estimate of drug-likeness (QED) is 0.832. The number of amides is 2. The van der Waals surface area contributed by atoms with E-state index >= 15 is 0 Å². The average Bonchev–Trinajstić information content (AvgIpc) is 2.53. The Morgan fingerprint density at radius 1 is 0.864 bits per heavy atom. The number of nitrogens with one attached hydrogen (secondary N) is 2. The van der Waals surface area contributed by atoms with Gasteiger partial charge in [-0.3, -0.25) is 9.59 Å². The zero-order valence-electron chi connectivity index (χ0n) is 12.0. The molecule has 0 aliphatic heterocycles. The molecule has 2 rings (SSSR count). The summed E-state index contributed by atoms with van der Waals surface area (Å²) in [6, 6.07) is 16.8. The summed E-state index contributed by atoms with van der Waals surface area (Å²) < 4.78 is 0. The fourth-order valence-corrected chi connectivity index (χ4v) is 2.16. The molecule has 0 atom stereocenters. The van der Waals surface area contributed by atoms with Crippen LogP contribution in [0.15, 0.2) is 54.6 Å². The van der Waals surface area contributed by atoms with Crippen molar-refractivity contribution >= 4 is 23.4 Å². The van der Waals surface area contributed by atoms with Crippen LogP contribution in [-0.4, -0.2) is 18.4 Å². The minimum atomic E-state index is -0.630. The Balaban J connectivity index is 1.71. The normalized spacial score (nSPS) is 10.0. The minimum absolute atomic E-state index is 0.335. The molecule has 114 valence electrons. The van der Waals surface area contributed by atoms with Crippen molar-refractivity contribution in [3.8, 4) is 0 Å². The van der Waals surface area contributed by atoms with Crippen molar-refractivity contribution in [2.45, 2.75) is 13.0 Å². The first kappa shape index (κ1) is 16.0. The molecule has 0 heterocycles. The highest BCUT2D eigenvalue weighted by Gasteiger charge is 2.12. The molecule has 2 N–H and O–H groups in total. The Morgan fingerprint density at radius 2 is 1.55 bits per heavy atom. The van der Waals surface area contributed by atoms with Gasteiger partial charge in [0.05, 0.1) is 0 Å². The summed E-state index contributed by atoms with van der Waals surface area (Å²) in [7, 11) is 0. The van der Waals surface area contributed by atoms with Gasteiger partial charge in [-0.2, -0.15) is 0 Å². The largest absolute Gasteiger partial charge is 0.348 e. The SMILES string of the molecule is O=C(NCCc1cccc(Cl)c1)C(=O)NCc1ccccc1. The molecule has 2 amide bonds. The maximum atomic E-state index is 11.7. The summed E-state index contributed by atoms with van der Waals surface area (Å²) in [5, 5.41) is 5.83. The Kier molecular flexibility index (Phi) is 5.98. The van der Waals surface area contributed by atoms with E-state index in [-0.39, 0.29) is 0 Å². The lowest BCUT2D eigenvalue weighted by molar-refractivity contribution is -0.139. The molecule has 0 saturated carbocycles. The van der Waals surface area contributed by atoms with E-state index in [0.29, 0.717) is 24.5 Å². The Hall–Kier alpha value is -2.33. The standard InChI is InChI=1S/C17H17ClN2O2/c18-15-8-4-7-13(11-15)9-10-19-16(21)17(22)20-12-14-5-2-1-3-6-14/h1-8,11H,9-10,12H2,(H,19,21)(H,20,22). The molecule has 5 heteroatoms. The fraction of sp³-hybridized carbons (Fsp3) is 0.176. The maximum absolute atomic E-state index is 11.7. The third-order valence-electron chi connectivity index (χ3n) is 3.09. The van der Waals surface area contributed by atoms with Crippen molar-refractivity contribution in [1.82, 2.24) is 10.6 Å². The predicted octanol–water partition coefficient (Wildman–Crippen LogP) is 2.32. The minimum Gasteiger partial charge on any atom is -0.348 e. The van der Waals surface area contributed by atoms with Crippen LogP contribution in [0, 0.1) is 0 Å². The molecular weight excluding hydrogens is 300 g/mol. The van der Waals surface area contributed by atoms with Gasteiger partial charge in [-0.25, -0.2) is 0 Å². The van der Waals surface area contributed by atoms with E-state index in [1.165, 1.54) is 0 Å². The van der Waals surface area contributed by atoms with Crippen molar-refractivity contribution in [1.29, 1.82) is 0 Å². The topological polar surface area (TPSA) is 58.2 Å². The lowest BCUT2D eigenvalue weighted by Gasteiger charge is -2.07. The zero-order chi connectivity index (χ0) is 15.8. The summed E-state index contributed by atoms with van der Waals surface area (Å²) in [6.07, 6.45) is 0.623. The number of hydrogen-bond acceptors (Lipinski definition) is 2. The second-order valence-electron chi connectivity index (χ2n) is 4.80. The first-order chi connectivity index (χ1) is 10.6. The van der Waals surface area contributed by atoms with Gasteiger partial charge in [0.1, 0.15) is 0 Å². The van der Waals surface area contributed by atoms with Crippen LogP contribution in [0.25, 0.3) is 0 Å². The number of rotatable bonds is 5. The van der Waals surface area contributed by atoms with Gasteiger partial charge in [0.2, 0.25) is 0 Å². The molecule has 0 bridgehead atoms. The van der Waals surface area contributed by atoms with Gasteiger partial charge in [0, 0.05) is 18.1 Å². The van der Waals surface area contributed by atoms with Gasteiger partial charge in [-0.05, 0) is 29.7 Å². The van der Waals surface area contributed by atoms with Crippen LogP contribution < -0.4 is 10.6 Å². The molecule has 0 aliphatic rings. The zero-order valence-corrected chi connectivity index (χ0v) is 12.8. The van der Waals surface area contributed by atoms with Gasteiger partial charge in [-0.15, -0.1) is 0 Å². The molecule has 0 aliphatic carbocycles. The lowest BCUT2D eigenvalue weighted by Crippen LogP contribution is -2.40. The highest BCUT2D eigenvalue weighted by atomic mass is 35.5. The molecule has 0 fully saturated rings. The first-order valence-electron chi connectivity index (χ1n) is 6.99. The molecule has 0 spiro atoms. The van der Waals surface area contributed by atoms with E-state index in [4.69, 9.17) is 11.6 Å². The van der Waals surface area contributed by atoms with Crippen LogP contribution in [-0.2, 0) is 22.6 Å². The summed E-state index contributed by atoms with van der Waals surface area (Å²) in [5.41, 5.74) is 1.96. The van der Waals surface area contributed by atoms with Gasteiger partial charge in [0.25, 0.3) is 0 Å². The van der Waals surface area contributed by atoms with Crippen molar-refractivity contribution in [3.05, 3.63) is 70.7 Å². The molecule has 0 aromatic heterocycles. The summed E-state index contributed by atoms with van der Waals surface area (Å²) in [4.78, 5) is 23.3. The van der Waals surface area contributed by atoms with E-state index in [1.54, 1.807) is 6.07 Å². The summed E-state index contributed by atoms with van der Waals surface area (Å²) in [6.45, 7) is 0.722. The van der Waals surface area contributed by atoms with Gasteiger partial charge >= 0.3 is 11.8 Å². The van der Waals surface area contributed by atoms with E-state index in [2.05, 4.69) is 10.6 Å². The van der Waals surface area contributed by atoms with E-state index in [9.17, 15) is 9.59 Å². The molecule has 2 aromatic carbocycles.